The van der Waals surface area contributed by atoms with Crippen LogP contribution in [0.15, 0.2) is 6.07 Å². The highest BCUT2D eigenvalue weighted by molar-refractivity contribution is 7.16. The van der Waals surface area contributed by atoms with Crippen molar-refractivity contribution in [1.29, 1.82) is 0 Å². The first-order valence-electron chi connectivity index (χ1n) is 6.15. The van der Waals surface area contributed by atoms with Crippen LogP contribution >= 0.6 is 22.9 Å². The average molecular weight is 288 g/mol. The van der Waals surface area contributed by atoms with Crippen LogP contribution < -0.4 is 5.32 Å². The van der Waals surface area contributed by atoms with Crippen LogP contribution in [0.25, 0.3) is 0 Å². The molecule has 0 fully saturated rings. The summed E-state index contributed by atoms with van der Waals surface area (Å²) in [6.07, 6.45) is 2.06. The molecule has 5 heteroatoms. The molecule has 3 nitrogen and oxygen atoms in total. The number of aryl methyl sites for hydroxylation is 1. The van der Waals surface area contributed by atoms with Crippen molar-refractivity contribution in [3.63, 3.8) is 0 Å². The largest absolute Gasteiger partial charge is 0.468 e. The van der Waals surface area contributed by atoms with E-state index >= 15 is 0 Å². The van der Waals surface area contributed by atoms with E-state index in [9.17, 15) is 4.79 Å². The molecule has 1 aromatic heterocycles. The highest BCUT2D eigenvalue weighted by Gasteiger charge is 2.31. The van der Waals surface area contributed by atoms with Crippen LogP contribution in [0.3, 0.4) is 0 Å². The van der Waals surface area contributed by atoms with E-state index in [0.29, 0.717) is 0 Å². The lowest BCUT2D eigenvalue weighted by molar-refractivity contribution is -0.144. The van der Waals surface area contributed by atoms with Gasteiger partial charge in [-0.25, -0.2) is 0 Å². The van der Waals surface area contributed by atoms with Crippen LogP contribution in [0.5, 0.6) is 0 Å². The fourth-order valence-corrected chi connectivity index (χ4v) is 3.74. The number of hydrogen-bond donors (Lipinski definition) is 1. The fraction of sp³-hybridized carbons (Fsp3) is 0.615. The van der Waals surface area contributed by atoms with Crippen molar-refractivity contribution in [2.75, 3.05) is 7.11 Å². The molecule has 100 valence electrons. The molecule has 2 atom stereocenters. The summed E-state index contributed by atoms with van der Waals surface area (Å²) in [5.74, 6) is 0.00961. The van der Waals surface area contributed by atoms with Gasteiger partial charge in [-0.15, -0.1) is 11.3 Å². The van der Waals surface area contributed by atoms with Gasteiger partial charge in [0.25, 0.3) is 0 Å². The molecule has 0 spiro atoms. The molecule has 2 unspecified atom stereocenters. The quantitative estimate of drug-likeness (QED) is 0.865. The van der Waals surface area contributed by atoms with Gasteiger partial charge >= 0.3 is 5.97 Å². The Morgan fingerprint density at radius 1 is 1.61 bits per heavy atom. The second kappa shape index (κ2) is 5.59. The molecule has 0 aromatic carbocycles. The van der Waals surface area contributed by atoms with Gasteiger partial charge in [-0.2, -0.15) is 0 Å². The molecule has 1 aromatic rings. The SMILES string of the molecule is COC(=O)C(NC1CCc2sc(Cl)cc21)C(C)C. The lowest BCUT2D eigenvalue weighted by Crippen LogP contribution is -2.43. The third-order valence-corrected chi connectivity index (χ3v) is 4.69. The van der Waals surface area contributed by atoms with Gasteiger partial charge in [-0.05, 0) is 30.4 Å². The Morgan fingerprint density at radius 3 is 2.94 bits per heavy atom. The molecule has 18 heavy (non-hydrogen) atoms. The number of thiophene rings is 1. The summed E-state index contributed by atoms with van der Waals surface area (Å²) in [6, 6.07) is 1.97. The Labute approximate surface area is 116 Å². The number of rotatable bonds is 4. The first-order valence-corrected chi connectivity index (χ1v) is 7.34. The Kier molecular flexibility index (Phi) is 4.30. The summed E-state index contributed by atoms with van der Waals surface area (Å²) in [5.41, 5.74) is 1.25. The van der Waals surface area contributed by atoms with Crippen LogP contribution in [-0.2, 0) is 16.0 Å². The minimum Gasteiger partial charge on any atom is -0.468 e. The zero-order chi connectivity index (χ0) is 13.3. The standard InChI is InChI=1S/C13H18ClNO2S/c1-7(2)12(13(16)17-3)15-9-4-5-10-8(9)6-11(14)18-10/h6-7,9,12,15H,4-5H2,1-3H3. The van der Waals surface area contributed by atoms with E-state index in [2.05, 4.69) is 5.32 Å². The second-order valence-electron chi connectivity index (χ2n) is 4.93. The summed E-state index contributed by atoms with van der Waals surface area (Å²) < 4.78 is 5.68. The van der Waals surface area contributed by atoms with Crippen molar-refractivity contribution < 1.29 is 9.53 Å². The summed E-state index contributed by atoms with van der Waals surface area (Å²) in [5, 5.41) is 3.41. The van der Waals surface area contributed by atoms with E-state index in [1.807, 2.05) is 19.9 Å². The number of fused-ring (bicyclic) bond motifs is 1. The topological polar surface area (TPSA) is 38.3 Å². The van der Waals surface area contributed by atoms with Crippen molar-refractivity contribution in [2.24, 2.45) is 5.92 Å². The van der Waals surface area contributed by atoms with E-state index in [-0.39, 0.29) is 24.0 Å². The molecule has 1 aliphatic carbocycles. The normalized spacial score (nSPS) is 19.9. The van der Waals surface area contributed by atoms with Crippen LogP contribution in [0.2, 0.25) is 4.34 Å². The predicted molar refractivity (Wildman–Crippen MR) is 74.2 cm³/mol. The molecule has 0 radical (unpaired) electrons. The van der Waals surface area contributed by atoms with Gasteiger partial charge in [-0.3, -0.25) is 10.1 Å². The van der Waals surface area contributed by atoms with Crippen molar-refractivity contribution in [3.8, 4) is 0 Å². The number of carbonyl (C=O) groups excluding carboxylic acids is 1. The number of methoxy groups -OCH3 is 1. The number of hydrogen-bond acceptors (Lipinski definition) is 4. The van der Waals surface area contributed by atoms with Gasteiger partial charge in [0.2, 0.25) is 0 Å². The predicted octanol–water partition coefficient (Wildman–Crippen LogP) is 3.18. The smallest absolute Gasteiger partial charge is 0.323 e. The number of carbonyl (C=O) groups is 1. The van der Waals surface area contributed by atoms with Gasteiger partial charge in [0.05, 0.1) is 11.4 Å². The van der Waals surface area contributed by atoms with Crippen molar-refractivity contribution >= 4 is 28.9 Å². The lowest BCUT2D eigenvalue weighted by Gasteiger charge is -2.24. The number of ether oxygens (including phenoxy) is 1. The van der Waals surface area contributed by atoms with Gasteiger partial charge < -0.3 is 4.74 Å². The monoisotopic (exact) mass is 287 g/mol. The average Bonchev–Trinajstić information content (AvgIpc) is 2.84. The molecular weight excluding hydrogens is 270 g/mol. The molecule has 1 heterocycles. The van der Waals surface area contributed by atoms with E-state index < -0.39 is 0 Å². The number of nitrogens with one attached hydrogen (secondary N) is 1. The highest BCUT2D eigenvalue weighted by atomic mass is 35.5. The Bertz CT molecular complexity index is 444. The highest BCUT2D eigenvalue weighted by Crippen LogP contribution is 2.39. The number of esters is 1. The van der Waals surface area contributed by atoms with Gasteiger partial charge in [0, 0.05) is 10.9 Å². The third kappa shape index (κ3) is 2.71. The Balaban J connectivity index is 2.11. The summed E-state index contributed by atoms with van der Waals surface area (Å²) in [4.78, 5) is 13.1. The van der Waals surface area contributed by atoms with E-state index in [0.717, 1.165) is 17.2 Å². The molecule has 0 amide bonds. The molecule has 0 saturated carbocycles. The van der Waals surface area contributed by atoms with E-state index in [1.165, 1.54) is 17.6 Å². The van der Waals surface area contributed by atoms with Crippen molar-refractivity contribution in [3.05, 3.63) is 20.8 Å². The number of halogens is 1. The van der Waals surface area contributed by atoms with Crippen LogP contribution in [0.4, 0.5) is 0 Å². The molecule has 0 bridgehead atoms. The maximum atomic E-state index is 11.8. The van der Waals surface area contributed by atoms with Crippen molar-refractivity contribution in [2.45, 2.75) is 38.8 Å². The summed E-state index contributed by atoms with van der Waals surface area (Å²) in [7, 11) is 1.43. The maximum absolute atomic E-state index is 11.8. The summed E-state index contributed by atoms with van der Waals surface area (Å²) >= 11 is 7.67. The lowest BCUT2D eigenvalue weighted by atomic mass is 10.0. The summed E-state index contributed by atoms with van der Waals surface area (Å²) in [6.45, 7) is 4.04. The molecule has 0 aliphatic heterocycles. The van der Waals surface area contributed by atoms with Crippen LogP contribution in [0, 0.1) is 5.92 Å². The first kappa shape index (κ1) is 13.8. The first-order chi connectivity index (χ1) is 8.52. The Morgan fingerprint density at radius 2 is 2.33 bits per heavy atom. The van der Waals surface area contributed by atoms with Gasteiger partial charge in [-0.1, -0.05) is 25.4 Å². The van der Waals surface area contributed by atoms with Gasteiger partial charge in [0.15, 0.2) is 0 Å². The Hall–Kier alpha value is -0.580. The maximum Gasteiger partial charge on any atom is 0.323 e. The molecule has 1 N–H and O–H groups in total. The molecule has 2 rings (SSSR count). The van der Waals surface area contributed by atoms with E-state index in [4.69, 9.17) is 16.3 Å². The van der Waals surface area contributed by atoms with E-state index in [1.54, 1.807) is 11.3 Å². The van der Waals surface area contributed by atoms with Crippen molar-refractivity contribution in [1.82, 2.24) is 5.32 Å². The van der Waals surface area contributed by atoms with Crippen LogP contribution in [-0.4, -0.2) is 19.1 Å². The fourth-order valence-electron chi connectivity index (χ4n) is 2.38. The zero-order valence-corrected chi connectivity index (χ0v) is 12.4. The molecule has 0 saturated heterocycles. The van der Waals surface area contributed by atoms with Crippen LogP contribution in [0.1, 0.15) is 36.8 Å². The third-order valence-electron chi connectivity index (χ3n) is 3.35. The second-order valence-corrected chi connectivity index (χ2v) is 6.70. The minimum atomic E-state index is -0.260. The molecule has 1 aliphatic rings. The molecular formula is C13H18ClNO2S. The van der Waals surface area contributed by atoms with Gasteiger partial charge in [0.1, 0.15) is 6.04 Å². The minimum absolute atomic E-state index is 0.195. The zero-order valence-electron chi connectivity index (χ0n) is 10.8.